The molecule has 3 N–H and O–H groups in total. The molecule has 3 heterocycles. The van der Waals surface area contributed by atoms with E-state index in [1.54, 1.807) is 26.8 Å². The number of carbonyl (C=O) groups excluding carboxylic acids is 3. The molecule has 3 saturated heterocycles. The average Bonchev–Trinajstić information content (AvgIpc) is 3.76. The second kappa shape index (κ2) is 12.0. The van der Waals surface area contributed by atoms with Gasteiger partial charge in [-0.2, -0.15) is 0 Å². The van der Waals surface area contributed by atoms with Gasteiger partial charge in [0, 0.05) is 49.9 Å². The first-order chi connectivity index (χ1) is 21.0. The molecule has 1 saturated carbocycles. The molecule has 44 heavy (non-hydrogen) atoms. The summed E-state index contributed by atoms with van der Waals surface area (Å²) >= 11 is 0. The fourth-order valence-electron chi connectivity index (χ4n) is 7.89. The Balaban J connectivity index is 1.11. The molecule has 2 aromatic carbocycles. The van der Waals surface area contributed by atoms with Gasteiger partial charge in [-0.15, -0.1) is 0 Å². The molecule has 4 fully saturated rings. The van der Waals surface area contributed by atoms with Gasteiger partial charge >= 0.3 is 6.09 Å². The summed E-state index contributed by atoms with van der Waals surface area (Å²) in [5.41, 5.74) is 7.44. The van der Waals surface area contributed by atoms with Crippen LogP contribution in [0.5, 0.6) is 0 Å². The van der Waals surface area contributed by atoms with Crippen LogP contribution in [0.25, 0.3) is 0 Å². The van der Waals surface area contributed by atoms with E-state index >= 15 is 4.39 Å². The quantitative estimate of drug-likeness (QED) is 0.472. The minimum Gasteiger partial charge on any atom is -0.444 e. The highest BCUT2D eigenvalue weighted by molar-refractivity contribution is 5.91. The molecular weight excluding hydrogens is 561 g/mol. The largest absolute Gasteiger partial charge is 0.444 e. The summed E-state index contributed by atoms with van der Waals surface area (Å²) in [6.45, 7) is 8.14. The van der Waals surface area contributed by atoms with Crippen LogP contribution in [-0.2, 0) is 27.3 Å². The van der Waals surface area contributed by atoms with Gasteiger partial charge < -0.3 is 20.7 Å². The number of primary amides is 1. The maximum atomic E-state index is 15.6. The molecule has 2 aromatic rings. The second-order valence-electron chi connectivity index (χ2n) is 13.9. The van der Waals surface area contributed by atoms with Crippen molar-refractivity contribution in [1.82, 2.24) is 15.1 Å². The maximum absolute atomic E-state index is 15.6. The van der Waals surface area contributed by atoms with Crippen molar-refractivity contribution in [3.8, 4) is 0 Å². The van der Waals surface area contributed by atoms with Crippen molar-refractivity contribution < 1.29 is 23.5 Å². The highest BCUT2D eigenvalue weighted by Gasteiger charge is 2.53. The fraction of sp³-hybridized carbons (Fsp3) is 0.559. The van der Waals surface area contributed by atoms with Crippen molar-refractivity contribution in [3.63, 3.8) is 0 Å². The molecule has 3 amide bonds. The second-order valence-corrected chi connectivity index (χ2v) is 13.9. The SMILES string of the molecule is CC(C)(C)OC(=O)N1C2CCC(C2)[C@H]1C(=O)N[C@@H](Cc1ccc(N2CCC3C2CCN3Cc2ccccc2)cc1F)C(N)=O. The number of nitrogens with two attached hydrogens (primary N) is 1. The highest BCUT2D eigenvalue weighted by Crippen LogP contribution is 2.43. The number of rotatable bonds is 8. The predicted octanol–water partition coefficient (Wildman–Crippen LogP) is 3.98. The number of anilines is 1. The number of carbonyl (C=O) groups is 3. The Morgan fingerprint density at radius 3 is 2.48 bits per heavy atom. The molecule has 0 spiro atoms. The molecule has 2 bridgehead atoms. The molecule has 4 aliphatic rings. The predicted molar refractivity (Wildman–Crippen MR) is 165 cm³/mol. The third kappa shape index (κ3) is 6.14. The van der Waals surface area contributed by atoms with Gasteiger partial charge in [-0.1, -0.05) is 36.4 Å². The van der Waals surface area contributed by atoms with Crippen molar-refractivity contribution in [2.75, 3.05) is 18.0 Å². The standard InChI is InChI=1S/C34H44FN5O4/c1-34(2,3)44-33(43)40-25-12-10-23(17-25)30(40)32(42)37-27(31(36)41)18-22-9-11-24(19-26(22)35)39-16-14-28-29(39)13-15-38(28)20-21-7-5-4-6-8-21/h4-9,11,19,23,25,27-30H,10,12-18,20H2,1-3H3,(H2,36,41)(H,37,42)/t23?,25?,27-,28?,29?,30-/m0/s1. The lowest BCUT2D eigenvalue weighted by atomic mass is 9.97. The van der Waals surface area contributed by atoms with Crippen LogP contribution in [0.2, 0.25) is 0 Å². The summed E-state index contributed by atoms with van der Waals surface area (Å²) in [7, 11) is 0. The summed E-state index contributed by atoms with van der Waals surface area (Å²) in [5, 5.41) is 2.75. The number of amides is 3. The smallest absolute Gasteiger partial charge is 0.411 e. The zero-order chi connectivity index (χ0) is 31.2. The number of hydrogen-bond donors (Lipinski definition) is 2. The zero-order valence-electron chi connectivity index (χ0n) is 25.9. The Morgan fingerprint density at radius 2 is 1.77 bits per heavy atom. The third-order valence-corrected chi connectivity index (χ3v) is 9.83. The van der Waals surface area contributed by atoms with Crippen molar-refractivity contribution in [2.45, 2.75) is 102 Å². The Hall–Kier alpha value is -3.66. The minimum atomic E-state index is -1.11. The van der Waals surface area contributed by atoms with E-state index in [1.807, 2.05) is 12.1 Å². The molecule has 9 nitrogen and oxygen atoms in total. The zero-order valence-corrected chi connectivity index (χ0v) is 25.9. The Morgan fingerprint density at radius 1 is 1.02 bits per heavy atom. The molecule has 3 aliphatic heterocycles. The van der Waals surface area contributed by atoms with Gasteiger partial charge in [-0.05, 0) is 82.1 Å². The van der Waals surface area contributed by atoms with Crippen molar-refractivity contribution in [2.24, 2.45) is 11.7 Å². The lowest BCUT2D eigenvalue weighted by Gasteiger charge is -2.36. The van der Waals surface area contributed by atoms with E-state index in [0.717, 1.165) is 57.4 Å². The van der Waals surface area contributed by atoms with Gasteiger partial charge in [0.05, 0.1) is 0 Å². The van der Waals surface area contributed by atoms with E-state index in [9.17, 15) is 14.4 Å². The summed E-state index contributed by atoms with van der Waals surface area (Å²) in [4.78, 5) is 45.3. The van der Waals surface area contributed by atoms with E-state index in [0.29, 0.717) is 17.6 Å². The van der Waals surface area contributed by atoms with Crippen LogP contribution in [0, 0.1) is 11.7 Å². The summed E-state index contributed by atoms with van der Waals surface area (Å²) in [6.07, 6.45) is 3.81. The molecule has 236 valence electrons. The molecule has 6 rings (SSSR count). The van der Waals surface area contributed by atoms with Crippen LogP contribution in [0.1, 0.15) is 64.0 Å². The highest BCUT2D eigenvalue weighted by atomic mass is 19.1. The number of nitrogens with one attached hydrogen (secondary N) is 1. The number of likely N-dealkylation sites (tertiary alicyclic amines) is 2. The van der Waals surface area contributed by atoms with Gasteiger partial charge in [-0.3, -0.25) is 19.4 Å². The molecule has 0 radical (unpaired) electrons. The van der Waals surface area contributed by atoms with Crippen LogP contribution >= 0.6 is 0 Å². The van der Waals surface area contributed by atoms with Crippen LogP contribution in [-0.4, -0.2) is 76.6 Å². The molecule has 10 heteroatoms. The molecule has 0 aromatic heterocycles. The van der Waals surface area contributed by atoms with Gasteiger partial charge in [0.1, 0.15) is 23.5 Å². The number of benzene rings is 2. The van der Waals surface area contributed by atoms with Crippen LogP contribution in [0.4, 0.5) is 14.9 Å². The summed E-state index contributed by atoms with van der Waals surface area (Å²) < 4.78 is 21.1. The molecular formula is C34H44FN5O4. The van der Waals surface area contributed by atoms with Crippen molar-refractivity contribution in [1.29, 1.82) is 0 Å². The summed E-state index contributed by atoms with van der Waals surface area (Å²) in [6, 6.07) is 14.5. The van der Waals surface area contributed by atoms with E-state index in [4.69, 9.17) is 10.5 Å². The van der Waals surface area contributed by atoms with Crippen LogP contribution in [0.3, 0.4) is 0 Å². The first-order valence-electron chi connectivity index (χ1n) is 15.9. The topological polar surface area (TPSA) is 108 Å². The van der Waals surface area contributed by atoms with Crippen molar-refractivity contribution >= 4 is 23.6 Å². The number of ether oxygens (including phenoxy) is 1. The van der Waals surface area contributed by atoms with Crippen LogP contribution in [0.15, 0.2) is 48.5 Å². The number of fused-ring (bicyclic) bond motifs is 3. The summed E-state index contributed by atoms with van der Waals surface area (Å²) in [5.74, 6) is -1.64. The van der Waals surface area contributed by atoms with E-state index in [2.05, 4.69) is 39.4 Å². The molecule has 1 aliphatic carbocycles. The van der Waals surface area contributed by atoms with Gasteiger partial charge in [-0.25, -0.2) is 9.18 Å². The van der Waals surface area contributed by atoms with Gasteiger partial charge in [0.2, 0.25) is 11.8 Å². The fourth-order valence-corrected chi connectivity index (χ4v) is 7.89. The van der Waals surface area contributed by atoms with Crippen LogP contribution < -0.4 is 16.0 Å². The minimum absolute atomic E-state index is 0.0134. The number of nitrogens with zero attached hydrogens (tertiary/aromatic N) is 3. The number of hydrogen-bond acceptors (Lipinski definition) is 6. The molecule has 6 atom stereocenters. The van der Waals surface area contributed by atoms with E-state index in [-0.39, 0.29) is 18.4 Å². The molecule has 4 unspecified atom stereocenters. The Labute approximate surface area is 258 Å². The number of piperidine rings is 1. The monoisotopic (exact) mass is 605 g/mol. The Kier molecular flexibility index (Phi) is 8.30. The first-order valence-corrected chi connectivity index (χ1v) is 15.9. The average molecular weight is 606 g/mol. The lowest BCUT2D eigenvalue weighted by molar-refractivity contribution is -0.132. The third-order valence-electron chi connectivity index (χ3n) is 9.83. The van der Waals surface area contributed by atoms with E-state index < -0.39 is 41.4 Å². The Bertz CT molecular complexity index is 1400. The van der Waals surface area contributed by atoms with Gasteiger partial charge in [0.15, 0.2) is 0 Å². The first kappa shape index (κ1) is 30.4. The van der Waals surface area contributed by atoms with Gasteiger partial charge in [0.25, 0.3) is 0 Å². The lowest BCUT2D eigenvalue weighted by Crippen LogP contribution is -2.57. The normalized spacial score (nSPS) is 27.0. The number of halogens is 1. The van der Waals surface area contributed by atoms with Crippen molar-refractivity contribution in [3.05, 3.63) is 65.5 Å². The van der Waals surface area contributed by atoms with E-state index in [1.165, 1.54) is 16.5 Å². The maximum Gasteiger partial charge on any atom is 0.411 e.